The number of barbiturate groups is 1. The van der Waals surface area contributed by atoms with Gasteiger partial charge in [0.25, 0.3) is 11.8 Å². The number of likely N-dealkylation sites (N-methyl/N-ethyl adjacent to an activating group) is 4. The highest BCUT2D eigenvalue weighted by atomic mass is 16.2. The maximum Gasteiger partial charge on any atom is 0.333 e. The zero-order chi connectivity index (χ0) is 41.2. The molecule has 4 amide bonds. The number of hydrogen-bond acceptors (Lipinski definition) is 6. The number of allylic oxidation sites excluding steroid dienone is 9. The summed E-state index contributed by atoms with van der Waals surface area (Å²) in [5.41, 5.74) is 11.7. The van der Waals surface area contributed by atoms with Crippen LogP contribution >= 0.6 is 0 Å². The molecule has 1 aliphatic carbocycles. The Labute approximate surface area is 331 Å². The SMILES string of the molecule is CC.CCN(CC)CC.Cc1ccc2c(c1)C(C)(C)/C(=C\C=C1/CC/C(=C\C=C3\N(C)c4ccc(C)cc4C3(C)C)C1=C1C(=O)N(C)C(=O)N(C)C1=O)N2C. The molecule has 0 N–H and O–H groups in total. The molecule has 3 aliphatic heterocycles. The van der Waals surface area contributed by atoms with E-state index in [1.54, 1.807) is 0 Å². The van der Waals surface area contributed by atoms with Crippen LogP contribution in [0.3, 0.4) is 0 Å². The van der Waals surface area contributed by atoms with E-state index in [0.717, 1.165) is 32.3 Å². The van der Waals surface area contributed by atoms with Crippen molar-refractivity contribution in [2.75, 3.05) is 57.6 Å². The molecule has 296 valence electrons. The first-order valence-electron chi connectivity index (χ1n) is 20.0. The second-order valence-corrected chi connectivity index (χ2v) is 15.8. The molecule has 1 saturated heterocycles. The molecule has 2 aromatic rings. The van der Waals surface area contributed by atoms with Crippen LogP contribution in [0.15, 0.2) is 94.4 Å². The van der Waals surface area contributed by atoms with Crippen LogP contribution in [0.5, 0.6) is 0 Å². The molecule has 3 heterocycles. The number of fused-ring (bicyclic) bond motifs is 2. The van der Waals surface area contributed by atoms with Gasteiger partial charge in [-0.3, -0.25) is 19.4 Å². The van der Waals surface area contributed by atoms with Crippen LogP contribution in [0, 0.1) is 13.8 Å². The van der Waals surface area contributed by atoms with Gasteiger partial charge in [0.1, 0.15) is 5.57 Å². The summed E-state index contributed by atoms with van der Waals surface area (Å²) >= 11 is 0. The van der Waals surface area contributed by atoms with Crippen molar-refractivity contribution in [2.24, 2.45) is 0 Å². The first-order chi connectivity index (χ1) is 25.9. The number of amides is 4. The summed E-state index contributed by atoms with van der Waals surface area (Å²) in [6.45, 7) is 27.3. The Morgan fingerprint density at radius 2 is 0.945 bits per heavy atom. The minimum Gasteiger partial charge on any atom is -0.347 e. The van der Waals surface area contributed by atoms with E-state index < -0.39 is 17.8 Å². The van der Waals surface area contributed by atoms with Crippen molar-refractivity contribution in [1.29, 1.82) is 0 Å². The van der Waals surface area contributed by atoms with Crippen molar-refractivity contribution in [3.8, 4) is 0 Å². The van der Waals surface area contributed by atoms with Gasteiger partial charge in [0, 0.05) is 61.8 Å². The highest BCUT2D eigenvalue weighted by molar-refractivity contribution is 6.29. The van der Waals surface area contributed by atoms with E-state index in [4.69, 9.17) is 0 Å². The Hall–Kier alpha value is -4.69. The number of benzene rings is 2. The molecule has 0 bridgehead atoms. The van der Waals surface area contributed by atoms with Crippen molar-refractivity contribution >= 4 is 29.2 Å². The number of anilines is 2. The van der Waals surface area contributed by atoms with Crippen LogP contribution in [0.1, 0.15) is 97.4 Å². The summed E-state index contributed by atoms with van der Waals surface area (Å²) in [7, 11) is 7.04. The topological polar surface area (TPSA) is 67.4 Å². The summed E-state index contributed by atoms with van der Waals surface area (Å²) in [6, 6.07) is 12.5. The number of carbonyl (C=O) groups is 3. The Morgan fingerprint density at radius 1 is 0.582 bits per heavy atom. The second-order valence-electron chi connectivity index (χ2n) is 15.8. The molecule has 0 aromatic heterocycles. The van der Waals surface area contributed by atoms with Gasteiger partial charge in [0.2, 0.25) is 0 Å². The van der Waals surface area contributed by atoms with Gasteiger partial charge in [-0.05, 0) is 98.5 Å². The number of urea groups is 1. The molecule has 8 heteroatoms. The molecule has 0 atom stereocenters. The fourth-order valence-corrected chi connectivity index (χ4v) is 8.35. The number of aryl methyl sites for hydroxylation is 2. The summed E-state index contributed by atoms with van der Waals surface area (Å²) in [6.07, 6.45) is 9.77. The Kier molecular flexibility index (Phi) is 13.3. The van der Waals surface area contributed by atoms with Crippen LogP contribution < -0.4 is 9.80 Å². The fourth-order valence-electron chi connectivity index (χ4n) is 8.35. The Morgan fingerprint density at radius 3 is 1.27 bits per heavy atom. The zero-order valence-corrected chi connectivity index (χ0v) is 36.3. The molecule has 6 rings (SSSR count). The summed E-state index contributed by atoms with van der Waals surface area (Å²) in [5.74, 6) is -1.13. The maximum absolute atomic E-state index is 13.7. The third-order valence-electron chi connectivity index (χ3n) is 11.8. The lowest BCUT2D eigenvalue weighted by Crippen LogP contribution is -2.53. The quantitative estimate of drug-likeness (QED) is 0.224. The van der Waals surface area contributed by atoms with Crippen LogP contribution in [0.2, 0.25) is 0 Å². The van der Waals surface area contributed by atoms with E-state index in [1.165, 1.54) is 67.4 Å². The predicted octanol–water partition coefficient (Wildman–Crippen LogP) is 9.59. The number of hydrogen-bond donors (Lipinski definition) is 0. The van der Waals surface area contributed by atoms with E-state index in [0.29, 0.717) is 18.4 Å². The van der Waals surface area contributed by atoms with Crippen LogP contribution in [-0.4, -0.2) is 80.4 Å². The largest absolute Gasteiger partial charge is 0.347 e. The van der Waals surface area contributed by atoms with Crippen molar-refractivity contribution < 1.29 is 14.4 Å². The molecule has 55 heavy (non-hydrogen) atoms. The van der Waals surface area contributed by atoms with Crippen molar-refractivity contribution in [3.63, 3.8) is 0 Å². The predicted molar refractivity (Wildman–Crippen MR) is 230 cm³/mol. The van der Waals surface area contributed by atoms with Gasteiger partial charge >= 0.3 is 6.03 Å². The van der Waals surface area contributed by atoms with Crippen LogP contribution in [0.4, 0.5) is 16.2 Å². The van der Waals surface area contributed by atoms with Gasteiger partial charge in [0.15, 0.2) is 0 Å². The van der Waals surface area contributed by atoms with Crippen LogP contribution in [-0.2, 0) is 20.4 Å². The lowest BCUT2D eigenvalue weighted by molar-refractivity contribution is -0.134. The monoisotopic (exact) mass is 748 g/mol. The standard InChI is InChI=1S/C39H44N4O3.C6H15N.C2H6/c1-23-11-17-29-27(21-23)38(3,4)31(40(29)7)19-15-25-13-14-26(33(25)34-35(44)42(9)37(46)43(10)36(34)45)16-20-32-39(5,6)28-22-24(2)12-18-30(28)41(32)8;1-4-7(5-2)6-3;1-2/h11-12,15-22H,13-14H2,1-10H3;4-6H2,1-3H3;1-2H3/b25-15+,26-16+,31-19+,32-20+;;. The number of carbonyl (C=O) groups excluding carboxylic acids is 3. The lowest BCUT2D eigenvalue weighted by Gasteiger charge is -2.30. The van der Waals surface area contributed by atoms with E-state index in [-0.39, 0.29) is 16.4 Å². The number of imide groups is 2. The van der Waals surface area contributed by atoms with E-state index in [9.17, 15) is 14.4 Å². The van der Waals surface area contributed by atoms with Gasteiger partial charge in [0.05, 0.1) is 0 Å². The third-order valence-corrected chi connectivity index (χ3v) is 11.8. The molecule has 8 nitrogen and oxygen atoms in total. The van der Waals surface area contributed by atoms with Crippen LogP contribution in [0.25, 0.3) is 0 Å². The Bertz CT molecular complexity index is 1850. The van der Waals surface area contributed by atoms with Gasteiger partial charge in [-0.25, -0.2) is 4.79 Å². The summed E-state index contributed by atoms with van der Waals surface area (Å²) < 4.78 is 0. The van der Waals surface area contributed by atoms with Gasteiger partial charge in [-0.2, -0.15) is 0 Å². The van der Waals surface area contributed by atoms with E-state index in [2.05, 4.69) is 152 Å². The molecule has 4 aliphatic rings. The van der Waals surface area contributed by atoms with E-state index in [1.807, 2.05) is 13.8 Å². The average Bonchev–Trinajstić information content (AvgIpc) is 3.70. The number of nitrogens with zero attached hydrogens (tertiary/aromatic N) is 5. The molecule has 1 saturated carbocycles. The molecule has 0 radical (unpaired) electrons. The second kappa shape index (κ2) is 17.0. The smallest absolute Gasteiger partial charge is 0.333 e. The average molecular weight is 748 g/mol. The summed E-state index contributed by atoms with van der Waals surface area (Å²) in [5, 5.41) is 0. The fraction of sp³-hybridized carbons (Fsp3) is 0.468. The third kappa shape index (κ3) is 7.88. The van der Waals surface area contributed by atoms with Crippen molar-refractivity contribution in [2.45, 2.75) is 99.8 Å². The number of rotatable bonds is 5. The molecule has 0 spiro atoms. The molecule has 0 unspecified atom stereocenters. The van der Waals surface area contributed by atoms with Crippen molar-refractivity contribution in [1.82, 2.24) is 14.7 Å². The molecular formula is C47H65N5O3. The minimum absolute atomic E-state index is 0.0484. The zero-order valence-electron chi connectivity index (χ0n) is 36.3. The van der Waals surface area contributed by atoms with Gasteiger partial charge in [-0.15, -0.1) is 0 Å². The molecule has 2 fully saturated rings. The minimum atomic E-state index is -0.623. The van der Waals surface area contributed by atoms with Gasteiger partial charge < -0.3 is 14.7 Å². The highest BCUT2D eigenvalue weighted by Crippen LogP contribution is 2.49. The summed E-state index contributed by atoms with van der Waals surface area (Å²) in [4.78, 5) is 48.9. The van der Waals surface area contributed by atoms with Crippen molar-refractivity contribution in [3.05, 3.63) is 117 Å². The Balaban J connectivity index is 0.000000674. The van der Waals surface area contributed by atoms with Gasteiger partial charge in [-0.1, -0.05) is 110 Å². The molecular weight excluding hydrogens is 683 g/mol. The van der Waals surface area contributed by atoms with E-state index >= 15 is 0 Å². The first-order valence-corrected chi connectivity index (χ1v) is 20.0. The normalized spacial score (nSPS) is 21.6. The molecule has 2 aromatic carbocycles. The lowest BCUT2D eigenvalue weighted by atomic mass is 9.83. The highest BCUT2D eigenvalue weighted by Gasteiger charge is 2.43. The maximum atomic E-state index is 13.7. The first kappa shape index (κ1) is 43.0.